The van der Waals surface area contributed by atoms with Gasteiger partial charge in [-0.2, -0.15) is 0 Å². The molecule has 0 bridgehead atoms. The number of carbonyl (C=O) groups excluding carboxylic acids is 2. The van der Waals surface area contributed by atoms with Crippen molar-refractivity contribution in [2.24, 2.45) is 0 Å². The van der Waals surface area contributed by atoms with Crippen LogP contribution in [0.3, 0.4) is 0 Å². The average Bonchev–Trinajstić information content (AvgIpc) is 2.68. The zero-order valence-electron chi connectivity index (χ0n) is 14.7. The molecule has 0 spiro atoms. The highest BCUT2D eigenvalue weighted by Gasteiger charge is 2.33. The molecule has 3 rings (SSSR count). The van der Waals surface area contributed by atoms with Crippen LogP contribution in [0.1, 0.15) is 18.5 Å². The Labute approximate surface area is 161 Å². The maximum Gasteiger partial charge on any atom is 0.338 e. The maximum atomic E-state index is 13.1. The third-order valence-corrected chi connectivity index (χ3v) is 5.02. The summed E-state index contributed by atoms with van der Waals surface area (Å²) in [6.45, 7) is 1.97. The van der Waals surface area contributed by atoms with E-state index in [-0.39, 0.29) is 18.5 Å². The predicted molar refractivity (Wildman–Crippen MR) is 102 cm³/mol. The number of urea groups is 1. The van der Waals surface area contributed by atoms with E-state index in [1.54, 1.807) is 19.1 Å². The van der Waals surface area contributed by atoms with Crippen molar-refractivity contribution in [2.45, 2.75) is 17.9 Å². The van der Waals surface area contributed by atoms with Crippen LogP contribution >= 0.6 is 11.8 Å². The van der Waals surface area contributed by atoms with Gasteiger partial charge in [-0.25, -0.2) is 14.0 Å². The first kappa shape index (κ1) is 19.0. The molecular formula is C20H19FN2O3S. The van der Waals surface area contributed by atoms with E-state index in [4.69, 9.17) is 4.74 Å². The zero-order valence-corrected chi connectivity index (χ0v) is 15.5. The van der Waals surface area contributed by atoms with Gasteiger partial charge in [-0.15, -0.1) is 11.8 Å². The van der Waals surface area contributed by atoms with Crippen LogP contribution in [0.5, 0.6) is 0 Å². The summed E-state index contributed by atoms with van der Waals surface area (Å²) in [4.78, 5) is 25.6. The molecule has 0 aliphatic carbocycles. The van der Waals surface area contributed by atoms with Gasteiger partial charge in [0.2, 0.25) is 0 Å². The van der Waals surface area contributed by atoms with E-state index in [1.807, 2.05) is 30.3 Å². The van der Waals surface area contributed by atoms with Crippen LogP contribution in [0.4, 0.5) is 9.18 Å². The summed E-state index contributed by atoms with van der Waals surface area (Å²) in [6.07, 6.45) is 0. The summed E-state index contributed by atoms with van der Waals surface area (Å²) in [6, 6.07) is 14.3. The van der Waals surface area contributed by atoms with Crippen LogP contribution in [0.2, 0.25) is 0 Å². The van der Waals surface area contributed by atoms with Crippen molar-refractivity contribution < 1.29 is 18.7 Å². The second-order valence-electron chi connectivity index (χ2n) is 5.80. The van der Waals surface area contributed by atoms with E-state index in [0.29, 0.717) is 17.0 Å². The fourth-order valence-corrected chi connectivity index (χ4v) is 3.63. The first-order valence-electron chi connectivity index (χ1n) is 8.49. The number of amides is 2. The van der Waals surface area contributed by atoms with Crippen LogP contribution in [-0.4, -0.2) is 24.4 Å². The maximum absolute atomic E-state index is 13.1. The van der Waals surface area contributed by atoms with Gasteiger partial charge in [0.05, 0.1) is 18.2 Å². The minimum atomic E-state index is -0.595. The van der Waals surface area contributed by atoms with Crippen molar-refractivity contribution in [1.82, 2.24) is 10.6 Å². The van der Waals surface area contributed by atoms with Crippen LogP contribution in [0, 0.1) is 5.82 Å². The highest BCUT2D eigenvalue weighted by molar-refractivity contribution is 7.99. The van der Waals surface area contributed by atoms with Crippen molar-refractivity contribution in [1.29, 1.82) is 0 Å². The number of halogens is 1. The molecule has 7 heteroatoms. The third kappa shape index (κ3) is 4.68. The summed E-state index contributed by atoms with van der Waals surface area (Å²) in [5.41, 5.74) is 1.65. The molecular weight excluding hydrogens is 367 g/mol. The first-order chi connectivity index (χ1) is 13.1. The van der Waals surface area contributed by atoms with Gasteiger partial charge < -0.3 is 15.4 Å². The smallest absolute Gasteiger partial charge is 0.338 e. The first-order valence-corrected chi connectivity index (χ1v) is 9.48. The van der Waals surface area contributed by atoms with Gasteiger partial charge in [-0.1, -0.05) is 30.3 Å². The highest BCUT2D eigenvalue weighted by Crippen LogP contribution is 2.30. The largest absolute Gasteiger partial charge is 0.463 e. The number of benzene rings is 2. The quantitative estimate of drug-likeness (QED) is 0.586. The van der Waals surface area contributed by atoms with E-state index in [9.17, 15) is 14.0 Å². The molecule has 0 aromatic heterocycles. The van der Waals surface area contributed by atoms with Gasteiger partial charge in [-0.05, 0) is 36.8 Å². The summed E-state index contributed by atoms with van der Waals surface area (Å²) in [5, 5.41) is 5.51. The van der Waals surface area contributed by atoms with Gasteiger partial charge in [0.25, 0.3) is 0 Å². The molecule has 140 valence electrons. The molecule has 0 radical (unpaired) electrons. The Morgan fingerprint density at radius 2 is 1.85 bits per heavy atom. The van der Waals surface area contributed by atoms with Crippen LogP contribution < -0.4 is 10.6 Å². The number of ether oxygens (including phenoxy) is 1. The molecule has 1 heterocycles. The fourth-order valence-electron chi connectivity index (χ4n) is 2.76. The second-order valence-corrected chi connectivity index (χ2v) is 6.85. The molecule has 1 aliphatic rings. The molecule has 0 saturated heterocycles. The molecule has 0 fully saturated rings. The lowest BCUT2D eigenvalue weighted by molar-refractivity contribution is -0.139. The Bertz CT molecular complexity index is 853. The van der Waals surface area contributed by atoms with Crippen molar-refractivity contribution in [3.63, 3.8) is 0 Å². The van der Waals surface area contributed by atoms with Crippen molar-refractivity contribution >= 4 is 23.8 Å². The number of hydrogen-bond donors (Lipinski definition) is 2. The standard InChI is InChI=1S/C20H19FN2O3S/c1-2-26-19(24)17-16(12-27-15-10-8-14(21)9-11-15)22-20(25)23-18(17)13-6-4-3-5-7-13/h3-11,18H,2,12H2,1H3,(H2,22,23,25)/t18-/m0/s1. The fraction of sp³-hybridized carbons (Fsp3) is 0.200. The van der Waals surface area contributed by atoms with Crippen molar-refractivity contribution in [3.05, 3.63) is 77.2 Å². The summed E-state index contributed by atoms with van der Waals surface area (Å²) >= 11 is 1.40. The molecule has 0 unspecified atom stereocenters. The Kier molecular flexibility index (Phi) is 6.13. The molecule has 0 saturated carbocycles. The average molecular weight is 386 g/mol. The Balaban J connectivity index is 1.93. The highest BCUT2D eigenvalue weighted by atomic mass is 32.2. The third-order valence-electron chi connectivity index (χ3n) is 3.98. The van der Waals surface area contributed by atoms with Crippen LogP contribution in [0.25, 0.3) is 0 Å². The van der Waals surface area contributed by atoms with Crippen molar-refractivity contribution in [2.75, 3.05) is 12.4 Å². The SMILES string of the molecule is CCOC(=O)C1=C(CSc2ccc(F)cc2)NC(=O)N[C@H]1c1ccccc1. The molecule has 2 amide bonds. The Morgan fingerprint density at radius 1 is 1.15 bits per heavy atom. The number of thioether (sulfide) groups is 1. The summed E-state index contributed by atoms with van der Waals surface area (Å²) < 4.78 is 18.3. The minimum absolute atomic E-state index is 0.232. The number of nitrogens with one attached hydrogen (secondary N) is 2. The van der Waals surface area contributed by atoms with Gasteiger partial charge in [0.15, 0.2) is 0 Å². The Morgan fingerprint density at radius 3 is 2.52 bits per heavy atom. The number of rotatable bonds is 6. The normalized spacial score (nSPS) is 16.5. The van der Waals surface area contributed by atoms with E-state index in [2.05, 4.69) is 10.6 Å². The topological polar surface area (TPSA) is 67.4 Å². The minimum Gasteiger partial charge on any atom is -0.463 e. The number of carbonyl (C=O) groups is 2. The molecule has 2 aromatic rings. The van der Waals surface area contributed by atoms with Crippen LogP contribution in [0.15, 0.2) is 70.8 Å². The summed E-state index contributed by atoms with van der Waals surface area (Å²) in [5.74, 6) is -0.449. The summed E-state index contributed by atoms with van der Waals surface area (Å²) in [7, 11) is 0. The lowest BCUT2D eigenvalue weighted by Crippen LogP contribution is -2.46. The molecule has 27 heavy (non-hydrogen) atoms. The van der Waals surface area contributed by atoms with Crippen molar-refractivity contribution in [3.8, 4) is 0 Å². The lowest BCUT2D eigenvalue weighted by Gasteiger charge is -2.29. The van der Waals surface area contributed by atoms with E-state index >= 15 is 0 Å². The van der Waals surface area contributed by atoms with Gasteiger partial charge in [0.1, 0.15) is 5.82 Å². The molecule has 2 aromatic carbocycles. The van der Waals surface area contributed by atoms with Gasteiger partial charge >= 0.3 is 12.0 Å². The van der Waals surface area contributed by atoms with E-state index in [0.717, 1.165) is 10.5 Å². The molecule has 2 N–H and O–H groups in total. The second kappa shape index (κ2) is 8.73. The Hall–Kier alpha value is -2.80. The molecule has 5 nitrogen and oxygen atoms in total. The van der Waals surface area contributed by atoms with Gasteiger partial charge in [0, 0.05) is 16.3 Å². The zero-order chi connectivity index (χ0) is 19.2. The van der Waals surface area contributed by atoms with E-state index in [1.165, 1.54) is 23.9 Å². The monoisotopic (exact) mass is 386 g/mol. The van der Waals surface area contributed by atoms with E-state index < -0.39 is 12.0 Å². The van der Waals surface area contributed by atoms with Crippen LogP contribution in [-0.2, 0) is 9.53 Å². The molecule has 1 aliphatic heterocycles. The molecule has 1 atom stereocenters. The lowest BCUT2D eigenvalue weighted by atomic mass is 9.95. The predicted octanol–water partition coefficient (Wildman–Crippen LogP) is 3.79. The number of hydrogen-bond acceptors (Lipinski definition) is 4. The van der Waals surface area contributed by atoms with Gasteiger partial charge in [-0.3, -0.25) is 0 Å². The number of esters is 1.